The summed E-state index contributed by atoms with van der Waals surface area (Å²) >= 11 is 3.03. The summed E-state index contributed by atoms with van der Waals surface area (Å²) < 4.78 is 1.19. The third-order valence-corrected chi connectivity index (χ3v) is 3.54. The summed E-state index contributed by atoms with van der Waals surface area (Å²) in [6, 6.07) is 0. The lowest BCUT2D eigenvalue weighted by Crippen LogP contribution is -2.27. The molecule has 0 amide bonds. The van der Waals surface area contributed by atoms with Gasteiger partial charge in [-0.1, -0.05) is 13.8 Å². The van der Waals surface area contributed by atoms with Crippen molar-refractivity contribution in [2.45, 2.75) is 27.3 Å². The van der Waals surface area contributed by atoms with Gasteiger partial charge in [0.15, 0.2) is 5.78 Å². The van der Waals surface area contributed by atoms with Crippen LogP contribution in [0.3, 0.4) is 0 Å². The van der Waals surface area contributed by atoms with E-state index in [1.807, 2.05) is 0 Å². The molecule has 0 radical (unpaired) electrons. The summed E-state index contributed by atoms with van der Waals surface area (Å²) in [5.74, 6) is -0.377. The number of nitro groups is 1. The van der Waals surface area contributed by atoms with Crippen LogP contribution < -0.4 is 5.56 Å². The molecule has 0 aliphatic heterocycles. The van der Waals surface area contributed by atoms with Crippen LogP contribution in [-0.4, -0.2) is 15.3 Å². The van der Waals surface area contributed by atoms with Crippen molar-refractivity contribution in [3.8, 4) is 0 Å². The highest BCUT2D eigenvalue weighted by Crippen LogP contribution is 2.22. The first-order valence-corrected chi connectivity index (χ1v) is 6.11. The van der Waals surface area contributed by atoms with Crippen molar-refractivity contribution in [3.05, 3.63) is 36.7 Å². The Bertz CT molecular complexity index is 563. The van der Waals surface area contributed by atoms with E-state index in [0.717, 1.165) is 10.8 Å². The van der Waals surface area contributed by atoms with Crippen LogP contribution in [0.2, 0.25) is 0 Å². The predicted molar refractivity (Wildman–Crippen MR) is 69.6 cm³/mol. The van der Waals surface area contributed by atoms with Gasteiger partial charge in [0.25, 0.3) is 11.2 Å². The number of aromatic nitrogens is 1. The highest BCUT2D eigenvalue weighted by atomic mass is 79.9. The van der Waals surface area contributed by atoms with Crippen LogP contribution in [0.1, 0.15) is 19.4 Å². The molecule has 1 aromatic heterocycles. The van der Waals surface area contributed by atoms with Crippen molar-refractivity contribution in [2.24, 2.45) is 5.92 Å². The molecule has 0 spiro atoms. The predicted octanol–water partition coefficient (Wildman–Crippen LogP) is 2.05. The monoisotopic (exact) mass is 316 g/mol. The third kappa shape index (κ3) is 2.84. The molecule has 0 aliphatic rings. The number of Topliss-reactive ketones (excluding diaryl/α,β-unsaturated/α-hetero) is 1. The lowest BCUT2D eigenvalue weighted by molar-refractivity contribution is -0.386. The topological polar surface area (TPSA) is 82.2 Å². The van der Waals surface area contributed by atoms with Gasteiger partial charge in [0.1, 0.15) is 0 Å². The van der Waals surface area contributed by atoms with E-state index < -0.39 is 10.5 Å². The molecule has 98 valence electrons. The summed E-state index contributed by atoms with van der Waals surface area (Å²) in [6.07, 6.45) is 1.11. The Morgan fingerprint density at radius 3 is 2.56 bits per heavy atom. The smallest absolute Gasteiger partial charge is 0.289 e. The van der Waals surface area contributed by atoms with Gasteiger partial charge in [-0.2, -0.15) is 0 Å². The second-order valence-corrected chi connectivity index (χ2v) is 5.06. The minimum Gasteiger partial charge on any atom is -0.300 e. The Morgan fingerprint density at radius 1 is 1.56 bits per heavy atom. The molecule has 1 heterocycles. The standard InChI is InChI=1S/C11H13BrN2O4/c1-6(2)9(15)5-13-4-8(14(17)18)7(3)10(12)11(13)16/h4,6H,5H2,1-3H3. The zero-order valence-corrected chi connectivity index (χ0v) is 11.9. The highest BCUT2D eigenvalue weighted by molar-refractivity contribution is 9.10. The maximum atomic E-state index is 11.9. The largest absolute Gasteiger partial charge is 0.300 e. The van der Waals surface area contributed by atoms with E-state index in [1.165, 1.54) is 6.92 Å². The SMILES string of the molecule is Cc1c([N+](=O)[O-])cn(CC(=O)C(C)C)c(=O)c1Br. The van der Waals surface area contributed by atoms with Crippen molar-refractivity contribution in [3.63, 3.8) is 0 Å². The molecule has 0 bridgehead atoms. The molecule has 0 aliphatic carbocycles. The Hall–Kier alpha value is -1.50. The van der Waals surface area contributed by atoms with Crippen molar-refractivity contribution in [1.29, 1.82) is 0 Å². The number of nitrogens with zero attached hydrogens (tertiary/aromatic N) is 2. The van der Waals surface area contributed by atoms with Crippen LogP contribution in [-0.2, 0) is 11.3 Å². The highest BCUT2D eigenvalue weighted by Gasteiger charge is 2.20. The van der Waals surface area contributed by atoms with Gasteiger partial charge in [0, 0.05) is 11.5 Å². The maximum absolute atomic E-state index is 11.9. The third-order valence-electron chi connectivity index (χ3n) is 2.61. The molecule has 7 heteroatoms. The van der Waals surface area contributed by atoms with Gasteiger partial charge in [0.05, 0.1) is 22.1 Å². The van der Waals surface area contributed by atoms with Gasteiger partial charge < -0.3 is 4.57 Å². The minimum absolute atomic E-state index is 0.119. The number of carbonyl (C=O) groups excluding carboxylic acids is 1. The number of halogens is 1. The van der Waals surface area contributed by atoms with Gasteiger partial charge in [0.2, 0.25) is 0 Å². The average molecular weight is 317 g/mol. The van der Waals surface area contributed by atoms with E-state index in [2.05, 4.69) is 15.9 Å². The fraction of sp³-hybridized carbons (Fsp3) is 0.455. The molecule has 1 rings (SSSR count). The first-order valence-electron chi connectivity index (χ1n) is 5.32. The number of hydrogen-bond donors (Lipinski definition) is 0. The number of carbonyl (C=O) groups is 1. The molecule has 1 aromatic rings. The summed E-state index contributed by atoms with van der Waals surface area (Å²) in [7, 11) is 0. The number of hydrogen-bond acceptors (Lipinski definition) is 4. The molecule has 0 N–H and O–H groups in total. The molecule has 0 unspecified atom stereocenters. The fourth-order valence-electron chi connectivity index (χ4n) is 1.35. The quantitative estimate of drug-likeness (QED) is 0.628. The summed E-state index contributed by atoms with van der Waals surface area (Å²) in [4.78, 5) is 33.7. The van der Waals surface area contributed by atoms with Crippen LogP contribution in [0.4, 0.5) is 5.69 Å². The summed E-state index contributed by atoms with van der Waals surface area (Å²) in [5.41, 5.74) is -0.358. The Kier molecular flexibility index (Phi) is 4.39. The first kappa shape index (κ1) is 14.6. The zero-order chi connectivity index (χ0) is 14.0. The Balaban J connectivity index is 3.33. The van der Waals surface area contributed by atoms with Gasteiger partial charge >= 0.3 is 0 Å². The van der Waals surface area contributed by atoms with Crippen LogP contribution in [0.5, 0.6) is 0 Å². The van der Waals surface area contributed by atoms with E-state index in [9.17, 15) is 19.7 Å². The zero-order valence-electron chi connectivity index (χ0n) is 10.3. The maximum Gasteiger partial charge on any atom is 0.289 e. The number of ketones is 1. The molecule has 6 nitrogen and oxygen atoms in total. The second-order valence-electron chi connectivity index (χ2n) is 4.26. The normalized spacial score (nSPS) is 10.7. The Labute approximate surface area is 112 Å². The molecule has 0 fully saturated rings. The molecular weight excluding hydrogens is 304 g/mol. The first-order chi connectivity index (χ1) is 8.25. The number of pyridine rings is 1. The second kappa shape index (κ2) is 5.43. The van der Waals surface area contributed by atoms with Gasteiger partial charge in [-0.05, 0) is 22.9 Å². The summed E-state index contributed by atoms with van der Waals surface area (Å²) in [5, 5.41) is 10.8. The Morgan fingerprint density at radius 2 is 2.11 bits per heavy atom. The lowest BCUT2D eigenvalue weighted by Gasteiger charge is -2.09. The van der Waals surface area contributed by atoms with Crippen LogP contribution >= 0.6 is 15.9 Å². The molecule has 0 atom stereocenters. The van der Waals surface area contributed by atoms with E-state index in [-0.39, 0.29) is 34.0 Å². The van der Waals surface area contributed by atoms with Gasteiger partial charge in [-0.3, -0.25) is 19.7 Å². The number of rotatable bonds is 4. The summed E-state index contributed by atoms with van der Waals surface area (Å²) in [6.45, 7) is 4.75. The minimum atomic E-state index is -0.574. The molecule has 18 heavy (non-hydrogen) atoms. The molecule has 0 saturated carbocycles. The van der Waals surface area contributed by atoms with E-state index in [0.29, 0.717) is 0 Å². The van der Waals surface area contributed by atoms with Gasteiger partial charge in [-0.15, -0.1) is 0 Å². The average Bonchev–Trinajstić information content (AvgIpc) is 2.29. The fourth-order valence-corrected chi connectivity index (χ4v) is 1.78. The van der Waals surface area contributed by atoms with Gasteiger partial charge in [-0.25, -0.2) is 0 Å². The lowest BCUT2D eigenvalue weighted by atomic mass is 10.1. The van der Waals surface area contributed by atoms with Crippen LogP contribution in [0, 0.1) is 23.0 Å². The van der Waals surface area contributed by atoms with Crippen molar-refractivity contribution in [1.82, 2.24) is 4.57 Å². The van der Waals surface area contributed by atoms with Crippen LogP contribution in [0.25, 0.3) is 0 Å². The van der Waals surface area contributed by atoms with Crippen LogP contribution in [0.15, 0.2) is 15.5 Å². The van der Waals surface area contributed by atoms with Crippen molar-refractivity contribution >= 4 is 27.4 Å². The van der Waals surface area contributed by atoms with Crippen molar-refractivity contribution in [2.75, 3.05) is 0 Å². The van der Waals surface area contributed by atoms with E-state index in [1.54, 1.807) is 13.8 Å². The van der Waals surface area contributed by atoms with E-state index >= 15 is 0 Å². The molecule has 0 aromatic carbocycles. The molecular formula is C11H13BrN2O4. The van der Waals surface area contributed by atoms with E-state index in [4.69, 9.17) is 0 Å². The van der Waals surface area contributed by atoms with Crippen molar-refractivity contribution < 1.29 is 9.72 Å². The molecule has 0 saturated heterocycles.